The molecule has 0 amide bonds. The highest BCUT2D eigenvalue weighted by Gasteiger charge is 2.41. The Balaban J connectivity index is 2.25. The summed E-state index contributed by atoms with van der Waals surface area (Å²) >= 11 is 0. The van der Waals surface area contributed by atoms with Gasteiger partial charge in [-0.2, -0.15) is 0 Å². The Hall–Kier alpha value is -0.790. The van der Waals surface area contributed by atoms with Crippen LogP contribution >= 0.6 is 0 Å². The largest absolute Gasteiger partial charge is 0.361 e. The van der Waals surface area contributed by atoms with Crippen LogP contribution in [0.2, 0.25) is 0 Å². The highest BCUT2D eigenvalue weighted by atomic mass is 16.5. The van der Waals surface area contributed by atoms with Gasteiger partial charge in [-0.05, 0) is 12.8 Å². The average Bonchev–Trinajstić information content (AvgIpc) is 2.61. The van der Waals surface area contributed by atoms with E-state index in [4.69, 9.17) is 4.52 Å². The summed E-state index contributed by atoms with van der Waals surface area (Å²) in [6.07, 6.45) is 2.52. The van der Waals surface area contributed by atoms with Crippen LogP contribution < -0.4 is 0 Å². The smallest absolute Gasteiger partial charge is 0.139 e. The minimum atomic E-state index is 0.344. The first-order valence-electron chi connectivity index (χ1n) is 4.59. The van der Waals surface area contributed by atoms with Crippen molar-refractivity contribution in [1.29, 1.82) is 0 Å². The summed E-state index contributed by atoms with van der Waals surface area (Å²) in [5.74, 6) is 1.46. The third kappa shape index (κ3) is 1.15. The molecule has 66 valence electrons. The van der Waals surface area contributed by atoms with Gasteiger partial charge in [-0.1, -0.05) is 25.9 Å². The lowest BCUT2D eigenvalue weighted by molar-refractivity contribution is 0.361. The van der Waals surface area contributed by atoms with E-state index in [1.807, 2.05) is 0 Å². The summed E-state index contributed by atoms with van der Waals surface area (Å²) in [4.78, 5) is 0. The van der Waals surface area contributed by atoms with Gasteiger partial charge < -0.3 is 4.52 Å². The normalized spacial score (nSPS) is 20.0. The Kier molecular flexibility index (Phi) is 1.53. The average molecular weight is 165 g/mol. The number of nitrogens with zero attached hydrogens (tertiary/aromatic N) is 1. The third-order valence-corrected chi connectivity index (χ3v) is 2.72. The van der Waals surface area contributed by atoms with Crippen molar-refractivity contribution in [2.45, 2.75) is 44.9 Å². The highest BCUT2D eigenvalue weighted by Crippen LogP contribution is 2.47. The molecule has 1 saturated carbocycles. The third-order valence-electron chi connectivity index (χ3n) is 2.72. The molecule has 2 rings (SSSR count). The lowest BCUT2D eigenvalue weighted by Gasteiger charge is -1.99. The molecule has 0 atom stereocenters. The summed E-state index contributed by atoms with van der Waals surface area (Å²) in [6.45, 7) is 6.49. The maximum atomic E-state index is 5.24. The zero-order valence-corrected chi connectivity index (χ0v) is 7.92. The van der Waals surface area contributed by atoms with Gasteiger partial charge >= 0.3 is 0 Å². The predicted octanol–water partition coefficient (Wildman–Crippen LogP) is 2.85. The van der Waals surface area contributed by atoms with Gasteiger partial charge in [0.05, 0.1) is 5.69 Å². The van der Waals surface area contributed by atoms with Gasteiger partial charge in [-0.25, -0.2) is 0 Å². The molecule has 1 aliphatic rings. The van der Waals surface area contributed by atoms with Crippen molar-refractivity contribution < 1.29 is 4.52 Å². The van der Waals surface area contributed by atoms with Crippen LogP contribution in [0.25, 0.3) is 0 Å². The van der Waals surface area contributed by atoms with Gasteiger partial charge in [-0.15, -0.1) is 0 Å². The molecule has 0 aromatic carbocycles. The molecule has 1 heterocycles. The van der Waals surface area contributed by atoms with E-state index in [-0.39, 0.29) is 0 Å². The lowest BCUT2D eigenvalue weighted by atomic mass is 10.0. The van der Waals surface area contributed by atoms with E-state index in [9.17, 15) is 0 Å². The Morgan fingerprint density at radius 1 is 1.50 bits per heavy atom. The molecule has 0 saturated heterocycles. The second-order valence-electron chi connectivity index (χ2n) is 4.33. The Bertz CT molecular complexity index is 284. The van der Waals surface area contributed by atoms with Crippen LogP contribution in [0.15, 0.2) is 10.6 Å². The zero-order chi connectivity index (χ0) is 8.77. The molecule has 2 nitrogen and oxygen atoms in total. The monoisotopic (exact) mass is 165 g/mol. The van der Waals surface area contributed by atoms with Crippen molar-refractivity contribution in [3.05, 3.63) is 17.5 Å². The van der Waals surface area contributed by atoms with E-state index in [0.717, 1.165) is 11.5 Å². The maximum Gasteiger partial charge on any atom is 0.139 e. The topological polar surface area (TPSA) is 26.0 Å². The predicted molar refractivity (Wildman–Crippen MR) is 47.2 cm³/mol. The van der Waals surface area contributed by atoms with Crippen molar-refractivity contribution in [1.82, 2.24) is 5.16 Å². The molecule has 1 aliphatic carbocycles. The summed E-state index contributed by atoms with van der Waals surface area (Å²) < 4.78 is 5.24. The molecule has 0 bridgehead atoms. The van der Waals surface area contributed by atoms with Crippen LogP contribution in [0.5, 0.6) is 0 Å². The van der Waals surface area contributed by atoms with Gasteiger partial charge in [0.2, 0.25) is 0 Å². The van der Waals surface area contributed by atoms with Crippen LogP contribution in [-0.2, 0) is 5.41 Å². The second-order valence-corrected chi connectivity index (χ2v) is 4.33. The molecule has 0 unspecified atom stereocenters. The van der Waals surface area contributed by atoms with E-state index >= 15 is 0 Å². The van der Waals surface area contributed by atoms with Gasteiger partial charge in [0.25, 0.3) is 0 Å². The van der Waals surface area contributed by atoms with Crippen LogP contribution in [0, 0.1) is 0 Å². The number of rotatable bonds is 2. The van der Waals surface area contributed by atoms with Crippen LogP contribution in [0.3, 0.4) is 0 Å². The minimum Gasteiger partial charge on any atom is -0.361 e. The fourth-order valence-electron chi connectivity index (χ4n) is 1.29. The van der Waals surface area contributed by atoms with Crippen molar-refractivity contribution in [2.75, 3.05) is 0 Å². The molecule has 1 aromatic rings. The minimum absolute atomic E-state index is 0.344. The maximum absolute atomic E-state index is 5.24. The van der Waals surface area contributed by atoms with Crippen molar-refractivity contribution >= 4 is 0 Å². The molecule has 1 fully saturated rings. The fraction of sp³-hybridized carbons (Fsp3) is 0.700. The quantitative estimate of drug-likeness (QED) is 0.673. The molecule has 2 heteroatoms. The van der Waals surface area contributed by atoms with E-state index < -0.39 is 0 Å². The Morgan fingerprint density at radius 3 is 2.58 bits per heavy atom. The molecule has 0 radical (unpaired) electrons. The molecule has 1 aromatic heterocycles. The van der Waals surface area contributed by atoms with E-state index in [1.165, 1.54) is 12.8 Å². The standard InChI is InChI=1S/C10H15NO/c1-7(2)8-6-9(11-12-8)10(3)4-5-10/h6-7H,4-5H2,1-3H3. The van der Waals surface area contributed by atoms with Crippen molar-refractivity contribution in [3.63, 3.8) is 0 Å². The highest BCUT2D eigenvalue weighted by molar-refractivity contribution is 5.23. The van der Waals surface area contributed by atoms with Crippen LogP contribution in [0.1, 0.15) is 51.0 Å². The summed E-state index contributed by atoms with van der Waals surface area (Å²) in [5.41, 5.74) is 1.49. The number of aromatic nitrogens is 1. The molecular formula is C10H15NO. The fourth-order valence-corrected chi connectivity index (χ4v) is 1.29. The zero-order valence-electron chi connectivity index (χ0n) is 7.92. The lowest BCUT2D eigenvalue weighted by Crippen LogP contribution is -1.98. The number of hydrogen-bond donors (Lipinski definition) is 0. The van der Waals surface area contributed by atoms with E-state index in [0.29, 0.717) is 11.3 Å². The van der Waals surface area contributed by atoms with Crippen molar-refractivity contribution in [2.24, 2.45) is 0 Å². The SMILES string of the molecule is CC(C)c1cc(C2(C)CC2)no1. The molecule has 0 N–H and O–H groups in total. The molecule has 0 spiro atoms. The van der Waals surface area contributed by atoms with Crippen LogP contribution in [0.4, 0.5) is 0 Å². The number of hydrogen-bond acceptors (Lipinski definition) is 2. The Labute approximate surface area is 72.9 Å². The summed E-state index contributed by atoms with van der Waals surface area (Å²) in [6, 6.07) is 2.11. The Morgan fingerprint density at radius 2 is 2.17 bits per heavy atom. The van der Waals surface area contributed by atoms with Gasteiger partial charge in [0.15, 0.2) is 0 Å². The van der Waals surface area contributed by atoms with Gasteiger partial charge in [0, 0.05) is 17.4 Å². The van der Waals surface area contributed by atoms with Crippen molar-refractivity contribution in [3.8, 4) is 0 Å². The molecular weight excluding hydrogens is 150 g/mol. The summed E-state index contributed by atoms with van der Waals surface area (Å²) in [5, 5.41) is 4.10. The summed E-state index contributed by atoms with van der Waals surface area (Å²) in [7, 11) is 0. The first kappa shape index (κ1) is 7.84. The van der Waals surface area contributed by atoms with Crippen LogP contribution in [-0.4, -0.2) is 5.16 Å². The van der Waals surface area contributed by atoms with Gasteiger partial charge in [-0.3, -0.25) is 0 Å². The first-order valence-corrected chi connectivity index (χ1v) is 4.59. The first-order chi connectivity index (χ1) is 5.62. The molecule has 12 heavy (non-hydrogen) atoms. The molecule has 0 aliphatic heterocycles. The van der Waals surface area contributed by atoms with Gasteiger partial charge in [0.1, 0.15) is 5.76 Å². The van der Waals surface area contributed by atoms with E-state index in [1.54, 1.807) is 0 Å². The van der Waals surface area contributed by atoms with E-state index in [2.05, 4.69) is 32.0 Å². The second kappa shape index (κ2) is 2.35.